The van der Waals surface area contributed by atoms with Crippen molar-refractivity contribution in [3.8, 4) is 0 Å². The lowest BCUT2D eigenvalue weighted by Crippen LogP contribution is -2.59. The molecule has 1 spiro atoms. The van der Waals surface area contributed by atoms with Crippen LogP contribution < -0.4 is 0 Å². The highest BCUT2D eigenvalue weighted by Gasteiger charge is 2.55. The highest BCUT2D eigenvalue weighted by molar-refractivity contribution is 5.05. The van der Waals surface area contributed by atoms with E-state index >= 15 is 0 Å². The van der Waals surface area contributed by atoms with Crippen molar-refractivity contribution < 1.29 is 9.84 Å². The molecule has 0 heterocycles. The van der Waals surface area contributed by atoms with Crippen LogP contribution in [0.15, 0.2) is 0 Å². The van der Waals surface area contributed by atoms with Gasteiger partial charge in [-0.3, -0.25) is 0 Å². The topological polar surface area (TPSA) is 29.5 Å². The predicted molar refractivity (Wildman–Crippen MR) is 86.2 cm³/mol. The van der Waals surface area contributed by atoms with Gasteiger partial charge < -0.3 is 9.84 Å². The highest BCUT2D eigenvalue weighted by Crippen LogP contribution is 2.54. The van der Waals surface area contributed by atoms with E-state index in [1.807, 2.05) is 0 Å². The maximum Gasteiger partial charge on any atom is 0.0684 e. The second-order valence-corrected chi connectivity index (χ2v) is 9.06. The Morgan fingerprint density at radius 2 is 1.62 bits per heavy atom. The van der Waals surface area contributed by atoms with Gasteiger partial charge in [-0.1, -0.05) is 46.5 Å². The minimum Gasteiger partial charge on any atom is -0.392 e. The molecule has 3 saturated carbocycles. The van der Waals surface area contributed by atoms with Gasteiger partial charge in [0, 0.05) is 11.8 Å². The molecule has 3 aliphatic rings. The van der Waals surface area contributed by atoms with Gasteiger partial charge in [0.15, 0.2) is 0 Å². The lowest BCUT2D eigenvalue weighted by atomic mass is 9.59. The van der Waals surface area contributed by atoms with Gasteiger partial charge in [0.2, 0.25) is 0 Å². The summed E-state index contributed by atoms with van der Waals surface area (Å²) < 4.78 is 6.59. The van der Waals surface area contributed by atoms with Crippen molar-refractivity contribution in [1.29, 1.82) is 0 Å². The number of aliphatic hydroxyl groups excluding tert-OH is 1. The van der Waals surface area contributed by atoms with Gasteiger partial charge in [0.1, 0.15) is 0 Å². The van der Waals surface area contributed by atoms with Crippen molar-refractivity contribution >= 4 is 0 Å². The Kier molecular flexibility index (Phi) is 4.40. The van der Waals surface area contributed by atoms with Gasteiger partial charge in [-0.05, 0) is 43.4 Å². The standard InChI is InChI=1S/C19H34O2/c1-14-10-15(13-18(2,3)12-14)21-17-11-16(20)19(17)8-6-4-5-7-9-19/h14-17,20H,4-13H2,1-3H3. The molecular formula is C19H34O2. The summed E-state index contributed by atoms with van der Waals surface area (Å²) in [5, 5.41) is 10.4. The fourth-order valence-electron chi connectivity index (χ4n) is 5.55. The molecule has 1 N–H and O–H groups in total. The molecule has 0 aromatic rings. The molecule has 0 aromatic carbocycles. The Morgan fingerprint density at radius 1 is 0.952 bits per heavy atom. The van der Waals surface area contributed by atoms with Gasteiger partial charge in [-0.15, -0.1) is 0 Å². The van der Waals surface area contributed by atoms with E-state index in [9.17, 15) is 5.11 Å². The van der Waals surface area contributed by atoms with E-state index in [4.69, 9.17) is 4.74 Å². The summed E-state index contributed by atoms with van der Waals surface area (Å²) in [6, 6.07) is 0. The van der Waals surface area contributed by atoms with Crippen molar-refractivity contribution in [3.63, 3.8) is 0 Å². The van der Waals surface area contributed by atoms with E-state index in [0.29, 0.717) is 17.6 Å². The van der Waals surface area contributed by atoms with Crippen LogP contribution in [0.5, 0.6) is 0 Å². The fraction of sp³-hybridized carbons (Fsp3) is 1.00. The summed E-state index contributed by atoms with van der Waals surface area (Å²) in [7, 11) is 0. The molecule has 2 nitrogen and oxygen atoms in total. The molecule has 4 unspecified atom stereocenters. The lowest BCUT2D eigenvalue weighted by Gasteiger charge is -2.55. The molecule has 3 fully saturated rings. The summed E-state index contributed by atoms with van der Waals surface area (Å²) in [5.74, 6) is 0.772. The average Bonchev–Trinajstić information content (AvgIpc) is 2.63. The molecule has 3 rings (SSSR count). The zero-order chi connectivity index (χ0) is 15.1. The summed E-state index contributed by atoms with van der Waals surface area (Å²) in [4.78, 5) is 0. The van der Waals surface area contributed by atoms with Crippen LogP contribution in [-0.2, 0) is 4.74 Å². The summed E-state index contributed by atoms with van der Waals surface area (Å²) in [5.41, 5.74) is 0.530. The SMILES string of the molecule is CC1CC(OC2CC(O)C23CCCCCC3)CC(C)(C)C1. The van der Waals surface area contributed by atoms with E-state index in [-0.39, 0.29) is 11.5 Å². The Balaban J connectivity index is 1.64. The van der Waals surface area contributed by atoms with E-state index < -0.39 is 0 Å². The molecule has 0 aromatic heterocycles. The normalized spacial score (nSPS) is 42.3. The van der Waals surface area contributed by atoms with Crippen LogP contribution in [-0.4, -0.2) is 23.4 Å². The van der Waals surface area contributed by atoms with E-state index in [0.717, 1.165) is 12.3 Å². The maximum atomic E-state index is 10.4. The van der Waals surface area contributed by atoms with Crippen LogP contribution in [0, 0.1) is 16.7 Å². The lowest BCUT2D eigenvalue weighted by molar-refractivity contribution is -0.225. The first kappa shape index (κ1) is 15.8. The summed E-state index contributed by atoms with van der Waals surface area (Å²) in [6.45, 7) is 7.14. The zero-order valence-corrected chi connectivity index (χ0v) is 14.2. The minimum absolute atomic E-state index is 0.102. The largest absolute Gasteiger partial charge is 0.392 e. The van der Waals surface area contributed by atoms with Gasteiger partial charge >= 0.3 is 0 Å². The summed E-state index contributed by atoms with van der Waals surface area (Å²) >= 11 is 0. The van der Waals surface area contributed by atoms with Crippen molar-refractivity contribution in [2.24, 2.45) is 16.7 Å². The monoisotopic (exact) mass is 294 g/mol. The Bertz CT molecular complexity index is 355. The Hall–Kier alpha value is -0.0800. The van der Waals surface area contributed by atoms with Crippen molar-refractivity contribution in [3.05, 3.63) is 0 Å². The number of hydrogen-bond donors (Lipinski definition) is 1. The van der Waals surface area contributed by atoms with Crippen molar-refractivity contribution in [1.82, 2.24) is 0 Å². The van der Waals surface area contributed by atoms with E-state index in [2.05, 4.69) is 20.8 Å². The highest BCUT2D eigenvalue weighted by atomic mass is 16.5. The van der Waals surface area contributed by atoms with Crippen LogP contribution in [0.3, 0.4) is 0 Å². The predicted octanol–water partition coefficient (Wildman–Crippen LogP) is 4.69. The molecule has 0 radical (unpaired) electrons. The molecule has 122 valence electrons. The van der Waals surface area contributed by atoms with Gasteiger partial charge in [0.05, 0.1) is 18.3 Å². The van der Waals surface area contributed by atoms with Crippen LogP contribution in [0.25, 0.3) is 0 Å². The smallest absolute Gasteiger partial charge is 0.0684 e. The maximum absolute atomic E-state index is 10.4. The van der Waals surface area contributed by atoms with Crippen molar-refractivity contribution in [2.75, 3.05) is 0 Å². The van der Waals surface area contributed by atoms with Crippen LogP contribution >= 0.6 is 0 Å². The molecule has 0 saturated heterocycles. The third kappa shape index (κ3) is 3.17. The van der Waals surface area contributed by atoms with Crippen molar-refractivity contribution in [2.45, 2.75) is 103 Å². The Morgan fingerprint density at radius 3 is 2.19 bits per heavy atom. The summed E-state index contributed by atoms with van der Waals surface area (Å²) in [6.07, 6.45) is 12.9. The number of aliphatic hydroxyl groups is 1. The van der Waals surface area contributed by atoms with Crippen LogP contribution in [0.2, 0.25) is 0 Å². The molecule has 0 amide bonds. The van der Waals surface area contributed by atoms with Crippen LogP contribution in [0.1, 0.15) is 85.0 Å². The van der Waals surface area contributed by atoms with Gasteiger partial charge in [-0.25, -0.2) is 0 Å². The Labute approximate surface area is 130 Å². The van der Waals surface area contributed by atoms with Crippen LogP contribution in [0.4, 0.5) is 0 Å². The molecule has 0 bridgehead atoms. The van der Waals surface area contributed by atoms with E-state index in [1.165, 1.54) is 57.8 Å². The second kappa shape index (κ2) is 5.85. The molecular weight excluding hydrogens is 260 g/mol. The molecule has 4 atom stereocenters. The first-order chi connectivity index (χ1) is 9.91. The zero-order valence-electron chi connectivity index (χ0n) is 14.2. The third-order valence-electron chi connectivity index (χ3n) is 6.48. The molecule has 3 aliphatic carbocycles. The molecule has 2 heteroatoms. The average molecular weight is 294 g/mol. The molecule has 0 aliphatic heterocycles. The quantitative estimate of drug-likeness (QED) is 0.800. The van der Waals surface area contributed by atoms with E-state index in [1.54, 1.807) is 0 Å². The first-order valence-electron chi connectivity index (χ1n) is 9.25. The third-order valence-corrected chi connectivity index (χ3v) is 6.48. The number of hydrogen-bond acceptors (Lipinski definition) is 2. The first-order valence-corrected chi connectivity index (χ1v) is 9.25. The van der Waals surface area contributed by atoms with Gasteiger partial charge in [-0.2, -0.15) is 0 Å². The minimum atomic E-state index is -0.102. The number of rotatable bonds is 2. The number of ether oxygens (including phenoxy) is 1. The fourth-order valence-corrected chi connectivity index (χ4v) is 5.55. The molecule has 21 heavy (non-hydrogen) atoms. The second-order valence-electron chi connectivity index (χ2n) is 9.06. The van der Waals surface area contributed by atoms with Gasteiger partial charge in [0.25, 0.3) is 0 Å².